The summed E-state index contributed by atoms with van der Waals surface area (Å²) in [6, 6.07) is 14.3. The Morgan fingerprint density at radius 2 is 1.93 bits per heavy atom. The van der Waals surface area contributed by atoms with Gasteiger partial charge in [-0.25, -0.2) is 4.79 Å². The number of amides is 2. The molecule has 142 valence electrons. The molecule has 0 unspecified atom stereocenters. The second kappa shape index (κ2) is 8.22. The van der Waals surface area contributed by atoms with E-state index in [4.69, 9.17) is 4.74 Å². The van der Waals surface area contributed by atoms with Gasteiger partial charge in [0.05, 0.1) is 12.6 Å². The monoisotopic (exact) mass is 368 g/mol. The van der Waals surface area contributed by atoms with Crippen LogP contribution in [0.25, 0.3) is 0 Å². The van der Waals surface area contributed by atoms with Gasteiger partial charge in [-0.05, 0) is 31.0 Å². The maximum absolute atomic E-state index is 12.7. The van der Waals surface area contributed by atoms with Gasteiger partial charge < -0.3 is 15.2 Å². The Balaban J connectivity index is 1.65. The molecular weight excluding hydrogens is 344 g/mol. The number of aliphatic hydroxyl groups excluding tert-OH is 1. The fourth-order valence-electron chi connectivity index (χ4n) is 3.24. The number of carbonyl (C=O) groups excluding carboxylic acids is 2. The average Bonchev–Trinajstić information content (AvgIpc) is 3.05. The van der Waals surface area contributed by atoms with E-state index < -0.39 is 18.2 Å². The van der Waals surface area contributed by atoms with Crippen molar-refractivity contribution in [2.45, 2.75) is 39.0 Å². The molecule has 1 heterocycles. The second-order valence-electron chi connectivity index (χ2n) is 6.91. The molecule has 1 aliphatic heterocycles. The zero-order valence-electron chi connectivity index (χ0n) is 15.5. The number of hydrogen-bond acceptors (Lipinski definition) is 4. The predicted molar refractivity (Wildman–Crippen MR) is 102 cm³/mol. The number of nitrogens with zero attached hydrogens (tertiary/aromatic N) is 1. The highest BCUT2D eigenvalue weighted by Crippen LogP contribution is 2.23. The molecule has 3 rings (SSSR count). The number of aliphatic hydroxyl groups is 1. The molecule has 0 bridgehead atoms. The van der Waals surface area contributed by atoms with Crippen LogP contribution in [0.1, 0.15) is 23.1 Å². The molecule has 27 heavy (non-hydrogen) atoms. The van der Waals surface area contributed by atoms with Crippen molar-refractivity contribution in [1.82, 2.24) is 4.90 Å². The lowest BCUT2D eigenvalue weighted by atomic mass is 10.1. The van der Waals surface area contributed by atoms with Gasteiger partial charge in [-0.2, -0.15) is 0 Å². The molecule has 1 saturated heterocycles. The maximum atomic E-state index is 12.7. The molecule has 0 aromatic heterocycles. The molecule has 2 N–H and O–H groups in total. The number of β-amino-alcohol motifs (C(OH)–C–C–N with tert-alkyl or cyclic N) is 1. The van der Waals surface area contributed by atoms with Crippen LogP contribution in [0, 0.1) is 13.8 Å². The fraction of sp³-hybridized carbons (Fsp3) is 0.333. The molecule has 2 aromatic carbocycles. The van der Waals surface area contributed by atoms with E-state index in [0.29, 0.717) is 5.69 Å². The maximum Gasteiger partial charge on any atom is 0.410 e. The van der Waals surface area contributed by atoms with Crippen LogP contribution in [0.5, 0.6) is 0 Å². The van der Waals surface area contributed by atoms with Gasteiger partial charge in [0.1, 0.15) is 12.6 Å². The van der Waals surface area contributed by atoms with E-state index in [-0.39, 0.29) is 25.5 Å². The van der Waals surface area contributed by atoms with Gasteiger partial charge in [0.2, 0.25) is 5.91 Å². The summed E-state index contributed by atoms with van der Waals surface area (Å²) in [4.78, 5) is 26.5. The van der Waals surface area contributed by atoms with E-state index in [1.165, 1.54) is 4.90 Å². The summed E-state index contributed by atoms with van der Waals surface area (Å²) in [5, 5.41) is 12.8. The van der Waals surface area contributed by atoms with Crippen LogP contribution in [0.15, 0.2) is 48.5 Å². The minimum Gasteiger partial charge on any atom is -0.445 e. The first-order valence-electron chi connectivity index (χ1n) is 8.97. The third-order valence-electron chi connectivity index (χ3n) is 4.66. The van der Waals surface area contributed by atoms with Gasteiger partial charge in [-0.3, -0.25) is 9.69 Å². The Morgan fingerprint density at radius 1 is 1.19 bits per heavy atom. The Kier molecular flexibility index (Phi) is 5.76. The van der Waals surface area contributed by atoms with Crippen molar-refractivity contribution in [3.8, 4) is 0 Å². The van der Waals surface area contributed by atoms with E-state index in [9.17, 15) is 14.7 Å². The molecule has 2 aromatic rings. The molecule has 0 aliphatic carbocycles. The van der Waals surface area contributed by atoms with Crippen molar-refractivity contribution in [3.05, 3.63) is 65.2 Å². The Hall–Kier alpha value is -2.86. The lowest BCUT2D eigenvalue weighted by molar-refractivity contribution is -0.120. The Bertz CT molecular complexity index is 822. The number of carbonyl (C=O) groups is 2. The van der Waals surface area contributed by atoms with Crippen molar-refractivity contribution in [2.24, 2.45) is 0 Å². The van der Waals surface area contributed by atoms with Gasteiger partial charge in [-0.15, -0.1) is 0 Å². The van der Waals surface area contributed by atoms with Gasteiger partial charge in [-0.1, -0.05) is 48.0 Å². The molecular formula is C21H24N2O4. The topological polar surface area (TPSA) is 78.9 Å². The second-order valence-corrected chi connectivity index (χ2v) is 6.91. The molecule has 1 fully saturated rings. The number of hydrogen-bond donors (Lipinski definition) is 2. The number of likely N-dealkylation sites (tertiary alicyclic amines) is 1. The molecule has 1 aliphatic rings. The van der Waals surface area contributed by atoms with Gasteiger partial charge in [0.15, 0.2) is 0 Å². The lowest BCUT2D eigenvalue weighted by Gasteiger charge is -2.23. The van der Waals surface area contributed by atoms with Crippen molar-refractivity contribution in [3.63, 3.8) is 0 Å². The third-order valence-corrected chi connectivity index (χ3v) is 4.66. The van der Waals surface area contributed by atoms with E-state index in [0.717, 1.165) is 16.7 Å². The van der Waals surface area contributed by atoms with Crippen LogP contribution in [-0.4, -0.2) is 40.7 Å². The first-order valence-corrected chi connectivity index (χ1v) is 8.97. The van der Waals surface area contributed by atoms with E-state index in [2.05, 4.69) is 5.32 Å². The van der Waals surface area contributed by atoms with Gasteiger partial charge in [0.25, 0.3) is 0 Å². The molecule has 2 amide bonds. The Morgan fingerprint density at radius 3 is 2.63 bits per heavy atom. The fourth-order valence-corrected chi connectivity index (χ4v) is 3.24. The highest BCUT2D eigenvalue weighted by Gasteiger charge is 2.40. The zero-order valence-corrected chi connectivity index (χ0v) is 15.5. The Labute approximate surface area is 158 Å². The van der Waals surface area contributed by atoms with E-state index >= 15 is 0 Å². The normalized spacial score (nSPS) is 19.0. The summed E-state index contributed by atoms with van der Waals surface area (Å²) in [6.45, 7) is 4.10. The largest absolute Gasteiger partial charge is 0.445 e. The number of benzene rings is 2. The number of rotatable bonds is 4. The molecule has 6 nitrogen and oxygen atoms in total. The smallest absolute Gasteiger partial charge is 0.410 e. The van der Waals surface area contributed by atoms with Gasteiger partial charge in [0, 0.05) is 12.1 Å². The summed E-state index contributed by atoms with van der Waals surface area (Å²) in [5.74, 6) is -0.324. The number of anilines is 1. The highest BCUT2D eigenvalue weighted by molar-refractivity contribution is 5.97. The molecule has 6 heteroatoms. The van der Waals surface area contributed by atoms with Crippen molar-refractivity contribution in [1.29, 1.82) is 0 Å². The van der Waals surface area contributed by atoms with Crippen LogP contribution < -0.4 is 5.32 Å². The first-order chi connectivity index (χ1) is 12.9. The quantitative estimate of drug-likeness (QED) is 0.870. The van der Waals surface area contributed by atoms with Crippen LogP contribution in [0.4, 0.5) is 10.5 Å². The minimum absolute atomic E-state index is 0.0819. The average molecular weight is 368 g/mol. The van der Waals surface area contributed by atoms with E-state index in [1.54, 1.807) is 0 Å². The summed E-state index contributed by atoms with van der Waals surface area (Å²) in [6.07, 6.45) is -1.16. The first kappa shape index (κ1) is 18.9. The molecule has 0 radical (unpaired) electrons. The SMILES string of the molecule is Cc1ccc(NC(=O)[C@H]2C[C@@H](O)CN2C(=O)OCc2ccccc2)c(C)c1. The van der Waals surface area contributed by atoms with E-state index in [1.807, 2.05) is 62.4 Å². The van der Waals surface area contributed by atoms with Crippen molar-refractivity contribution < 1.29 is 19.4 Å². The number of nitrogens with one attached hydrogen (secondary N) is 1. The molecule has 0 saturated carbocycles. The van der Waals surface area contributed by atoms with Crippen LogP contribution >= 0.6 is 0 Å². The van der Waals surface area contributed by atoms with Crippen LogP contribution in [-0.2, 0) is 16.1 Å². The van der Waals surface area contributed by atoms with Crippen molar-refractivity contribution >= 4 is 17.7 Å². The summed E-state index contributed by atoms with van der Waals surface area (Å²) in [7, 11) is 0. The predicted octanol–water partition coefficient (Wildman–Crippen LogP) is 3.01. The molecule has 0 spiro atoms. The highest BCUT2D eigenvalue weighted by atomic mass is 16.6. The summed E-state index contributed by atoms with van der Waals surface area (Å²) >= 11 is 0. The van der Waals surface area contributed by atoms with Gasteiger partial charge >= 0.3 is 6.09 Å². The summed E-state index contributed by atoms with van der Waals surface area (Å²) in [5.41, 5.74) is 3.61. The van der Waals surface area contributed by atoms with Crippen LogP contribution in [0.3, 0.4) is 0 Å². The van der Waals surface area contributed by atoms with Crippen molar-refractivity contribution in [2.75, 3.05) is 11.9 Å². The minimum atomic E-state index is -0.760. The van der Waals surface area contributed by atoms with Crippen LogP contribution in [0.2, 0.25) is 0 Å². The molecule has 2 atom stereocenters. The third kappa shape index (κ3) is 4.65. The zero-order chi connectivity index (χ0) is 19.4. The number of aryl methyl sites for hydroxylation is 2. The number of ether oxygens (including phenoxy) is 1. The summed E-state index contributed by atoms with van der Waals surface area (Å²) < 4.78 is 5.33. The standard InChI is InChI=1S/C21H24N2O4/c1-14-8-9-18(15(2)10-14)22-20(25)19-11-17(24)12-23(19)21(26)27-13-16-6-4-3-5-7-16/h3-10,17,19,24H,11-13H2,1-2H3,(H,22,25)/t17-,19-/m1/s1. The lowest BCUT2D eigenvalue weighted by Crippen LogP contribution is -2.43.